The second-order valence-electron chi connectivity index (χ2n) is 3.67. The molecule has 7 nitrogen and oxygen atoms in total. The number of rotatable bonds is 4. The number of methoxy groups -OCH3 is 1. The lowest BCUT2D eigenvalue weighted by Gasteiger charge is -2.21. The number of esters is 2. The Morgan fingerprint density at radius 2 is 1.71 bits per heavy atom. The zero-order chi connectivity index (χ0) is 13.0. The van der Waals surface area contributed by atoms with Gasteiger partial charge >= 0.3 is 11.9 Å². The Kier molecular flexibility index (Phi) is 4.86. The van der Waals surface area contributed by atoms with Crippen LogP contribution in [0.5, 0.6) is 0 Å². The van der Waals surface area contributed by atoms with E-state index in [1.807, 2.05) is 0 Å². The molecule has 4 atom stereocenters. The zero-order valence-corrected chi connectivity index (χ0v) is 9.91. The van der Waals surface area contributed by atoms with Crippen molar-refractivity contribution in [3.63, 3.8) is 0 Å². The molecule has 1 N–H and O–H groups in total. The van der Waals surface area contributed by atoms with Crippen LogP contribution >= 0.6 is 0 Å². The Balaban J connectivity index is 2.76. The van der Waals surface area contributed by atoms with Crippen LogP contribution in [0.4, 0.5) is 0 Å². The van der Waals surface area contributed by atoms with Crippen LogP contribution in [0.15, 0.2) is 0 Å². The molecule has 0 aliphatic carbocycles. The summed E-state index contributed by atoms with van der Waals surface area (Å²) in [6.45, 7) is 2.54. The SMILES string of the molecule is COC[C@H]1OC(O)[C@H](OC(C)=O)[C@@H]1OC(C)=O. The van der Waals surface area contributed by atoms with Crippen molar-refractivity contribution in [3.05, 3.63) is 0 Å². The van der Waals surface area contributed by atoms with Crippen molar-refractivity contribution in [2.75, 3.05) is 13.7 Å². The zero-order valence-electron chi connectivity index (χ0n) is 9.91. The van der Waals surface area contributed by atoms with Gasteiger partial charge in [-0.05, 0) is 0 Å². The summed E-state index contributed by atoms with van der Waals surface area (Å²) >= 11 is 0. The summed E-state index contributed by atoms with van der Waals surface area (Å²) in [6.07, 6.45) is -3.89. The van der Waals surface area contributed by atoms with Gasteiger partial charge in [-0.25, -0.2) is 0 Å². The first-order valence-electron chi connectivity index (χ1n) is 5.12. The smallest absolute Gasteiger partial charge is 0.303 e. The fraction of sp³-hybridized carbons (Fsp3) is 0.800. The van der Waals surface area contributed by atoms with Crippen LogP contribution in [-0.4, -0.2) is 55.4 Å². The maximum atomic E-state index is 10.9. The van der Waals surface area contributed by atoms with Gasteiger partial charge < -0.3 is 24.1 Å². The number of ether oxygens (including phenoxy) is 4. The molecule has 0 aromatic carbocycles. The fourth-order valence-electron chi connectivity index (χ4n) is 1.66. The first-order valence-corrected chi connectivity index (χ1v) is 5.12. The highest BCUT2D eigenvalue weighted by Gasteiger charge is 2.48. The number of carbonyl (C=O) groups is 2. The predicted molar refractivity (Wildman–Crippen MR) is 53.9 cm³/mol. The molecule has 98 valence electrons. The third-order valence-electron chi connectivity index (χ3n) is 2.22. The summed E-state index contributed by atoms with van der Waals surface area (Å²) in [7, 11) is 1.44. The maximum absolute atomic E-state index is 10.9. The number of hydrogen-bond acceptors (Lipinski definition) is 7. The van der Waals surface area contributed by atoms with Gasteiger partial charge in [0.1, 0.15) is 6.10 Å². The van der Waals surface area contributed by atoms with E-state index in [0.29, 0.717) is 0 Å². The molecule has 1 saturated heterocycles. The molecule has 1 aliphatic rings. The Morgan fingerprint density at radius 1 is 1.18 bits per heavy atom. The van der Waals surface area contributed by atoms with Gasteiger partial charge in [-0.3, -0.25) is 9.59 Å². The van der Waals surface area contributed by atoms with Crippen LogP contribution in [0.1, 0.15) is 13.8 Å². The minimum Gasteiger partial charge on any atom is -0.455 e. The van der Waals surface area contributed by atoms with Crippen molar-refractivity contribution >= 4 is 11.9 Å². The van der Waals surface area contributed by atoms with E-state index < -0.39 is 36.5 Å². The largest absolute Gasteiger partial charge is 0.455 e. The van der Waals surface area contributed by atoms with Crippen LogP contribution in [0, 0.1) is 0 Å². The van der Waals surface area contributed by atoms with Crippen LogP contribution in [0.25, 0.3) is 0 Å². The molecule has 0 amide bonds. The van der Waals surface area contributed by atoms with Gasteiger partial charge in [-0.1, -0.05) is 0 Å². The van der Waals surface area contributed by atoms with Gasteiger partial charge in [0.15, 0.2) is 18.5 Å². The summed E-state index contributed by atoms with van der Waals surface area (Å²) in [5.41, 5.74) is 0. The molecule has 0 saturated carbocycles. The normalized spacial score (nSPS) is 32.2. The minimum atomic E-state index is -1.33. The van der Waals surface area contributed by atoms with Crippen molar-refractivity contribution < 1.29 is 33.6 Å². The van der Waals surface area contributed by atoms with Gasteiger partial charge in [-0.2, -0.15) is 0 Å². The van der Waals surface area contributed by atoms with E-state index in [9.17, 15) is 14.7 Å². The average Bonchev–Trinajstić information content (AvgIpc) is 2.45. The molecule has 0 aromatic heterocycles. The molecule has 0 spiro atoms. The molecule has 1 aliphatic heterocycles. The van der Waals surface area contributed by atoms with Crippen molar-refractivity contribution in [2.45, 2.75) is 38.4 Å². The predicted octanol–water partition coefficient (Wildman–Crippen LogP) is -0.787. The molecule has 1 rings (SSSR count). The highest BCUT2D eigenvalue weighted by atomic mass is 16.7. The molecule has 1 heterocycles. The molecule has 1 unspecified atom stereocenters. The van der Waals surface area contributed by atoms with Crippen molar-refractivity contribution in [2.24, 2.45) is 0 Å². The Labute approximate surface area is 98.6 Å². The summed E-state index contributed by atoms with van der Waals surface area (Å²) in [5.74, 6) is -1.14. The molecular formula is C10H16O7. The van der Waals surface area contributed by atoms with Gasteiger partial charge in [0.05, 0.1) is 6.61 Å². The monoisotopic (exact) mass is 248 g/mol. The highest BCUT2D eigenvalue weighted by Crippen LogP contribution is 2.25. The van der Waals surface area contributed by atoms with E-state index in [0.717, 1.165) is 0 Å². The van der Waals surface area contributed by atoms with Crippen molar-refractivity contribution in [1.29, 1.82) is 0 Å². The first-order chi connectivity index (χ1) is 7.95. The molecule has 0 radical (unpaired) electrons. The fourth-order valence-corrected chi connectivity index (χ4v) is 1.66. The van der Waals surface area contributed by atoms with Gasteiger partial charge in [-0.15, -0.1) is 0 Å². The van der Waals surface area contributed by atoms with Gasteiger partial charge in [0, 0.05) is 21.0 Å². The lowest BCUT2D eigenvalue weighted by atomic mass is 10.1. The molecule has 0 bridgehead atoms. The number of hydrogen-bond donors (Lipinski definition) is 1. The van der Waals surface area contributed by atoms with Crippen molar-refractivity contribution in [3.8, 4) is 0 Å². The maximum Gasteiger partial charge on any atom is 0.303 e. The van der Waals surface area contributed by atoms with E-state index >= 15 is 0 Å². The van der Waals surface area contributed by atoms with Crippen LogP contribution < -0.4 is 0 Å². The lowest BCUT2D eigenvalue weighted by molar-refractivity contribution is -0.174. The van der Waals surface area contributed by atoms with Crippen LogP contribution in [-0.2, 0) is 28.5 Å². The average molecular weight is 248 g/mol. The summed E-state index contributed by atoms with van der Waals surface area (Å²) < 4.78 is 19.8. The van der Waals surface area contributed by atoms with Crippen molar-refractivity contribution in [1.82, 2.24) is 0 Å². The second-order valence-corrected chi connectivity index (χ2v) is 3.67. The molecule has 17 heavy (non-hydrogen) atoms. The second kappa shape index (κ2) is 5.95. The number of carbonyl (C=O) groups excluding carboxylic acids is 2. The summed E-state index contributed by atoms with van der Waals surface area (Å²) in [6, 6.07) is 0. The third kappa shape index (κ3) is 3.65. The standard InChI is InChI=1S/C10H16O7/c1-5(11)15-8-7(4-14-3)17-10(13)9(8)16-6(2)12/h7-10,13H,4H2,1-3H3/t7-,8-,9-,10?/m1/s1. The first kappa shape index (κ1) is 13.9. The van der Waals surface area contributed by atoms with E-state index in [4.69, 9.17) is 18.9 Å². The molecule has 0 aromatic rings. The Bertz CT molecular complexity index is 290. The van der Waals surface area contributed by atoms with Gasteiger partial charge in [0.2, 0.25) is 0 Å². The van der Waals surface area contributed by atoms with Crippen LogP contribution in [0.3, 0.4) is 0 Å². The Morgan fingerprint density at radius 3 is 2.18 bits per heavy atom. The lowest BCUT2D eigenvalue weighted by Crippen LogP contribution is -2.40. The highest BCUT2D eigenvalue weighted by molar-refractivity contribution is 5.67. The van der Waals surface area contributed by atoms with E-state index in [2.05, 4.69) is 0 Å². The van der Waals surface area contributed by atoms with E-state index in [1.165, 1.54) is 21.0 Å². The quantitative estimate of drug-likeness (QED) is 0.652. The minimum absolute atomic E-state index is 0.118. The van der Waals surface area contributed by atoms with Crippen LogP contribution in [0.2, 0.25) is 0 Å². The van der Waals surface area contributed by atoms with E-state index in [-0.39, 0.29) is 6.61 Å². The molecule has 1 fully saturated rings. The molecule has 7 heteroatoms. The third-order valence-corrected chi connectivity index (χ3v) is 2.22. The topological polar surface area (TPSA) is 91.3 Å². The van der Waals surface area contributed by atoms with Gasteiger partial charge in [0.25, 0.3) is 0 Å². The number of aliphatic hydroxyl groups excluding tert-OH is 1. The summed E-state index contributed by atoms with van der Waals surface area (Å²) in [4.78, 5) is 21.8. The number of aliphatic hydroxyl groups is 1. The molecular weight excluding hydrogens is 232 g/mol. The van der Waals surface area contributed by atoms with E-state index in [1.54, 1.807) is 0 Å². The summed E-state index contributed by atoms with van der Waals surface area (Å²) in [5, 5.41) is 9.57. The Hall–Kier alpha value is -1.18.